The van der Waals surface area contributed by atoms with Crippen LogP contribution in [0.4, 0.5) is 4.79 Å². The molecule has 1 saturated heterocycles. The summed E-state index contributed by atoms with van der Waals surface area (Å²) >= 11 is 0. The van der Waals surface area contributed by atoms with Gasteiger partial charge in [-0.1, -0.05) is 6.07 Å². The molecule has 1 aromatic heterocycles. The maximum absolute atomic E-state index is 12.3. The highest BCUT2D eigenvalue weighted by Crippen LogP contribution is 2.37. The molecule has 0 aromatic carbocycles. The van der Waals surface area contributed by atoms with Crippen LogP contribution in [-0.4, -0.2) is 39.2 Å². The molecule has 21 heavy (non-hydrogen) atoms. The number of amides is 1. The standard InChI is InChI=1S/C15H20N2O4/c1-15(2,3)21-14(20)17-9-7-10(13(18)19)12(17)11-6-4-5-8-16-11/h4-6,8,10,12H,7,9H2,1-3H3,(H,18,19). The van der Waals surface area contributed by atoms with E-state index in [4.69, 9.17) is 4.74 Å². The molecule has 1 aliphatic rings. The molecular weight excluding hydrogens is 272 g/mol. The van der Waals surface area contributed by atoms with Gasteiger partial charge in [-0.15, -0.1) is 0 Å². The molecule has 2 rings (SSSR count). The van der Waals surface area contributed by atoms with Crippen LogP contribution in [0.5, 0.6) is 0 Å². The normalized spacial score (nSPS) is 22.1. The number of ether oxygens (including phenoxy) is 1. The van der Waals surface area contributed by atoms with E-state index in [1.165, 1.54) is 4.90 Å². The van der Waals surface area contributed by atoms with Gasteiger partial charge in [0.1, 0.15) is 5.60 Å². The molecule has 0 radical (unpaired) electrons. The van der Waals surface area contributed by atoms with E-state index in [1.54, 1.807) is 45.2 Å². The Bertz CT molecular complexity index is 524. The first-order valence-corrected chi connectivity index (χ1v) is 6.93. The molecule has 1 N–H and O–H groups in total. The fourth-order valence-corrected chi connectivity index (χ4v) is 2.49. The van der Waals surface area contributed by atoms with Crippen LogP contribution in [0.1, 0.15) is 38.9 Å². The molecule has 1 aromatic rings. The van der Waals surface area contributed by atoms with Crippen molar-refractivity contribution in [2.24, 2.45) is 5.92 Å². The Morgan fingerprint density at radius 1 is 1.38 bits per heavy atom. The minimum absolute atomic E-state index is 0.354. The van der Waals surface area contributed by atoms with Gasteiger partial charge in [0.2, 0.25) is 0 Å². The quantitative estimate of drug-likeness (QED) is 0.905. The number of rotatable bonds is 2. The minimum atomic E-state index is -0.920. The second kappa shape index (κ2) is 5.71. The first kappa shape index (κ1) is 15.3. The summed E-state index contributed by atoms with van der Waals surface area (Å²) in [6.07, 6.45) is 1.50. The summed E-state index contributed by atoms with van der Waals surface area (Å²) < 4.78 is 5.37. The Kier molecular flexibility index (Phi) is 4.16. The van der Waals surface area contributed by atoms with Crippen LogP contribution in [0, 0.1) is 5.92 Å². The number of hydrogen-bond acceptors (Lipinski definition) is 4. The third-order valence-electron chi connectivity index (χ3n) is 3.33. The number of carbonyl (C=O) groups is 2. The number of carboxylic acids is 1. The summed E-state index contributed by atoms with van der Waals surface area (Å²) in [5.41, 5.74) is -0.0409. The van der Waals surface area contributed by atoms with Crippen LogP contribution in [0.15, 0.2) is 24.4 Å². The van der Waals surface area contributed by atoms with Gasteiger partial charge in [0, 0.05) is 12.7 Å². The van der Waals surface area contributed by atoms with Crippen molar-refractivity contribution >= 4 is 12.1 Å². The van der Waals surface area contributed by atoms with Crippen LogP contribution in [0.2, 0.25) is 0 Å². The second-order valence-corrected chi connectivity index (χ2v) is 6.11. The Morgan fingerprint density at radius 3 is 2.62 bits per heavy atom. The minimum Gasteiger partial charge on any atom is -0.481 e. The largest absolute Gasteiger partial charge is 0.481 e. The SMILES string of the molecule is CC(C)(C)OC(=O)N1CCC(C(=O)O)C1c1ccccn1. The third kappa shape index (κ3) is 3.51. The van der Waals surface area contributed by atoms with E-state index in [2.05, 4.69) is 4.98 Å². The number of pyridine rings is 1. The highest BCUT2D eigenvalue weighted by Gasteiger charge is 2.44. The van der Waals surface area contributed by atoms with Gasteiger partial charge in [0.05, 0.1) is 17.7 Å². The smallest absolute Gasteiger partial charge is 0.410 e. The van der Waals surface area contributed by atoms with Gasteiger partial charge < -0.3 is 9.84 Å². The molecular formula is C15H20N2O4. The van der Waals surface area contributed by atoms with Gasteiger partial charge in [-0.2, -0.15) is 0 Å². The molecule has 0 bridgehead atoms. The van der Waals surface area contributed by atoms with Gasteiger partial charge in [-0.25, -0.2) is 4.79 Å². The average Bonchev–Trinajstić information content (AvgIpc) is 2.82. The molecule has 1 aliphatic heterocycles. The van der Waals surface area contributed by atoms with Crippen molar-refractivity contribution in [2.45, 2.75) is 38.8 Å². The highest BCUT2D eigenvalue weighted by molar-refractivity contribution is 5.75. The number of aliphatic carboxylic acids is 1. The Hall–Kier alpha value is -2.11. The molecule has 114 valence electrons. The van der Waals surface area contributed by atoms with Crippen LogP contribution in [0.3, 0.4) is 0 Å². The first-order chi connectivity index (χ1) is 9.79. The molecule has 2 atom stereocenters. The third-order valence-corrected chi connectivity index (χ3v) is 3.33. The van der Waals surface area contributed by atoms with Gasteiger partial charge >= 0.3 is 12.1 Å². The van der Waals surface area contributed by atoms with Crippen molar-refractivity contribution in [1.29, 1.82) is 0 Å². The zero-order valence-corrected chi connectivity index (χ0v) is 12.4. The number of carbonyl (C=O) groups excluding carboxylic acids is 1. The lowest BCUT2D eigenvalue weighted by Crippen LogP contribution is -2.38. The summed E-state index contributed by atoms with van der Waals surface area (Å²) in [5.74, 6) is -1.58. The van der Waals surface area contributed by atoms with E-state index in [-0.39, 0.29) is 0 Å². The van der Waals surface area contributed by atoms with Crippen molar-refractivity contribution < 1.29 is 19.4 Å². The number of hydrogen-bond donors (Lipinski definition) is 1. The molecule has 2 heterocycles. The van der Waals surface area contributed by atoms with Crippen LogP contribution < -0.4 is 0 Å². The average molecular weight is 292 g/mol. The number of nitrogens with zero attached hydrogens (tertiary/aromatic N) is 2. The van der Waals surface area contributed by atoms with Crippen molar-refractivity contribution in [3.63, 3.8) is 0 Å². The van der Waals surface area contributed by atoms with E-state index in [0.717, 1.165) is 0 Å². The van der Waals surface area contributed by atoms with Crippen molar-refractivity contribution in [1.82, 2.24) is 9.88 Å². The first-order valence-electron chi connectivity index (χ1n) is 6.93. The fraction of sp³-hybridized carbons (Fsp3) is 0.533. The van der Waals surface area contributed by atoms with E-state index in [1.807, 2.05) is 0 Å². The van der Waals surface area contributed by atoms with E-state index in [9.17, 15) is 14.7 Å². The topological polar surface area (TPSA) is 79.7 Å². The van der Waals surface area contributed by atoms with Crippen molar-refractivity contribution in [3.8, 4) is 0 Å². The van der Waals surface area contributed by atoms with Crippen LogP contribution >= 0.6 is 0 Å². The van der Waals surface area contributed by atoms with Gasteiger partial charge in [-0.3, -0.25) is 14.7 Å². The summed E-state index contributed by atoms with van der Waals surface area (Å²) in [4.78, 5) is 29.4. The maximum atomic E-state index is 12.3. The molecule has 6 nitrogen and oxygen atoms in total. The Morgan fingerprint density at radius 2 is 2.10 bits per heavy atom. The second-order valence-electron chi connectivity index (χ2n) is 6.11. The number of likely N-dealkylation sites (tertiary alicyclic amines) is 1. The molecule has 1 amide bonds. The monoisotopic (exact) mass is 292 g/mol. The van der Waals surface area contributed by atoms with Gasteiger partial charge in [0.15, 0.2) is 0 Å². The molecule has 1 fully saturated rings. The van der Waals surface area contributed by atoms with E-state index < -0.39 is 29.6 Å². The summed E-state index contributed by atoms with van der Waals surface area (Å²) in [6.45, 7) is 5.70. The zero-order valence-electron chi connectivity index (χ0n) is 12.4. The zero-order chi connectivity index (χ0) is 15.6. The summed E-state index contributed by atoms with van der Waals surface area (Å²) in [7, 11) is 0. The molecule has 0 spiro atoms. The van der Waals surface area contributed by atoms with Crippen LogP contribution in [0.25, 0.3) is 0 Å². The number of carboxylic acid groups (broad SMARTS) is 1. The maximum Gasteiger partial charge on any atom is 0.410 e. The molecule has 0 aliphatic carbocycles. The lowest BCUT2D eigenvalue weighted by molar-refractivity contribution is -0.142. The molecule has 6 heteroatoms. The lowest BCUT2D eigenvalue weighted by Gasteiger charge is -2.29. The van der Waals surface area contributed by atoms with E-state index in [0.29, 0.717) is 18.7 Å². The van der Waals surface area contributed by atoms with Crippen molar-refractivity contribution in [2.75, 3.05) is 6.54 Å². The fourth-order valence-electron chi connectivity index (χ4n) is 2.49. The Balaban J connectivity index is 2.28. The Labute approximate surface area is 123 Å². The van der Waals surface area contributed by atoms with E-state index >= 15 is 0 Å². The van der Waals surface area contributed by atoms with Gasteiger partial charge in [-0.05, 0) is 39.3 Å². The van der Waals surface area contributed by atoms with Gasteiger partial charge in [0.25, 0.3) is 0 Å². The van der Waals surface area contributed by atoms with Crippen LogP contribution in [-0.2, 0) is 9.53 Å². The summed E-state index contributed by atoms with van der Waals surface area (Å²) in [5, 5.41) is 9.37. The highest BCUT2D eigenvalue weighted by atomic mass is 16.6. The summed E-state index contributed by atoms with van der Waals surface area (Å²) in [6, 6.07) is 4.70. The number of aromatic nitrogens is 1. The predicted octanol–water partition coefficient (Wildman–Crippen LogP) is 2.46. The molecule has 2 unspecified atom stereocenters. The lowest BCUT2D eigenvalue weighted by atomic mass is 9.97. The van der Waals surface area contributed by atoms with Crippen molar-refractivity contribution in [3.05, 3.63) is 30.1 Å². The predicted molar refractivity (Wildman–Crippen MR) is 75.7 cm³/mol. The molecule has 0 saturated carbocycles.